The van der Waals surface area contributed by atoms with Crippen LogP contribution in [0.4, 0.5) is 0 Å². The van der Waals surface area contributed by atoms with Crippen LogP contribution in [0.25, 0.3) is 0 Å². The maximum absolute atomic E-state index is 11.9. The van der Waals surface area contributed by atoms with E-state index in [1.165, 1.54) is 6.42 Å². The number of nitrogens with zero attached hydrogens (tertiary/aromatic N) is 1. The molecule has 1 aromatic carbocycles. The Labute approximate surface area is 126 Å². The fourth-order valence-electron chi connectivity index (χ4n) is 2.00. The van der Waals surface area contributed by atoms with Crippen LogP contribution in [0.1, 0.15) is 42.5 Å². The molecule has 0 aliphatic heterocycles. The summed E-state index contributed by atoms with van der Waals surface area (Å²) in [5.41, 5.74) is 1.48. The highest BCUT2D eigenvalue weighted by Crippen LogP contribution is 2.22. The molecule has 1 saturated carbocycles. The number of methoxy groups -OCH3 is 1. The molecule has 0 heterocycles. The van der Waals surface area contributed by atoms with Crippen molar-refractivity contribution in [3.8, 4) is 5.75 Å². The molecule has 0 unspecified atom stereocenters. The average Bonchev–Trinajstić information content (AvgIpc) is 2.45. The summed E-state index contributed by atoms with van der Waals surface area (Å²) in [5.74, 6) is 0.328. The number of carbonyl (C=O) groups is 1. The molecule has 4 nitrogen and oxygen atoms in total. The van der Waals surface area contributed by atoms with E-state index in [2.05, 4.69) is 27.7 Å². The van der Waals surface area contributed by atoms with Gasteiger partial charge in [-0.15, -0.1) is 0 Å². The zero-order valence-corrected chi connectivity index (χ0v) is 13.0. The molecule has 0 amide bonds. The number of oxime groups is 1. The maximum atomic E-state index is 11.9. The number of rotatable bonds is 3. The Hall–Kier alpha value is -1.11. The molecule has 1 aliphatic carbocycles. The summed E-state index contributed by atoms with van der Waals surface area (Å²) in [5, 5.41) is 3.97. The van der Waals surface area contributed by atoms with Gasteiger partial charge in [-0.25, -0.2) is 4.79 Å². The molecule has 0 bridgehead atoms. The largest absolute Gasteiger partial charge is 0.496 e. The molecule has 0 atom stereocenters. The Kier molecular flexibility index (Phi) is 5.18. The fraction of sp³-hybridized carbons (Fsp3) is 0.429. The van der Waals surface area contributed by atoms with Crippen LogP contribution in [0.3, 0.4) is 0 Å². The average molecular weight is 373 g/mol. The van der Waals surface area contributed by atoms with Crippen molar-refractivity contribution in [2.45, 2.75) is 32.1 Å². The monoisotopic (exact) mass is 373 g/mol. The number of ether oxygens (including phenoxy) is 1. The van der Waals surface area contributed by atoms with Gasteiger partial charge >= 0.3 is 5.97 Å². The normalized spacial score (nSPS) is 14.9. The van der Waals surface area contributed by atoms with Crippen molar-refractivity contribution in [3.63, 3.8) is 0 Å². The molecule has 5 heteroatoms. The number of benzene rings is 1. The van der Waals surface area contributed by atoms with E-state index in [1.54, 1.807) is 25.3 Å². The van der Waals surface area contributed by atoms with E-state index in [0.29, 0.717) is 5.56 Å². The van der Waals surface area contributed by atoms with E-state index >= 15 is 0 Å². The van der Waals surface area contributed by atoms with Gasteiger partial charge in [-0.1, -0.05) is 11.6 Å². The predicted molar refractivity (Wildman–Crippen MR) is 81.6 cm³/mol. The lowest BCUT2D eigenvalue weighted by atomic mass is 9.99. The van der Waals surface area contributed by atoms with E-state index in [9.17, 15) is 4.79 Å². The number of halogens is 1. The summed E-state index contributed by atoms with van der Waals surface area (Å²) >= 11 is 2.12. The lowest BCUT2D eigenvalue weighted by molar-refractivity contribution is 0.0513. The predicted octanol–water partition coefficient (Wildman–Crippen LogP) is 3.78. The minimum Gasteiger partial charge on any atom is -0.496 e. The standard InChI is InChI=1S/C14H16INO3/c1-18-13-8-7-10(9-12(13)15)14(17)19-16-11-5-3-2-4-6-11/h7-9H,2-6H2,1H3. The molecule has 1 aliphatic rings. The van der Waals surface area contributed by atoms with Crippen LogP contribution in [0.2, 0.25) is 0 Å². The minimum atomic E-state index is -0.418. The van der Waals surface area contributed by atoms with E-state index in [1.807, 2.05) is 0 Å². The van der Waals surface area contributed by atoms with Crippen molar-refractivity contribution < 1.29 is 14.4 Å². The Morgan fingerprint density at radius 2 is 2.00 bits per heavy atom. The van der Waals surface area contributed by atoms with Gasteiger partial charge in [0.15, 0.2) is 0 Å². The van der Waals surface area contributed by atoms with Crippen molar-refractivity contribution in [1.29, 1.82) is 0 Å². The zero-order chi connectivity index (χ0) is 13.7. The summed E-state index contributed by atoms with van der Waals surface area (Å²) in [6.45, 7) is 0. The van der Waals surface area contributed by atoms with Crippen LogP contribution in [-0.2, 0) is 4.84 Å². The van der Waals surface area contributed by atoms with Gasteiger partial charge in [0.2, 0.25) is 0 Å². The Bertz CT molecular complexity index is 491. The van der Waals surface area contributed by atoms with Gasteiger partial charge in [0, 0.05) is 0 Å². The van der Waals surface area contributed by atoms with Crippen molar-refractivity contribution in [1.82, 2.24) is 0 Å². The van der Waals surface area contributed by atoms with Crippen molar-refractivity contribution in [2.24, 2.45) is 5.16 Å². The first-order valence-electron chi connectivity index (χ1n) is 6.31. The molecule has 0 aromatic heterocycles. The highest BCUT2D eigenvalue weighted by Gasteiger charge is 2.12. The molecule has 0 radical (unpaired) electrons. The third-order valence-corrected chi connectivity index (χ3v) is 3.92. The summed E-state index contributed by atoms with van der Waals surface area (Å²) in [6.07, 6.45) is 5.39. The number of hydrogen-bond acceptors (Lipinski definition) is 4. The Morgan fingerprint density at radius 3 is 2.63 bits per heavy atom. The second-order valence-corrected chi connectivity index (χ2v) is 5.61. The fourth-order valence-corrected chi connectivity index (χ4v) is 2.74. The van der Waals surface area contributed by atoms with Crippen molar-refractivity contribution in [2.75, 3.05) is 7.11 Å². The van der Waals surface area contributed by atoms with Crippen LogP contribution >= 0.6 is 22.6 Å². The molecule has 1 aromatic rings. The smallest absolute Gasteiger partial charge is 0.365 e. The molecule has 102 valence electrons. The minimum absolute atomic E-state index is 0.418. The van der Waals surface area contributed by atoms with Gasteiger partial charge in [0.1, 0.15) is 5.75 Å². The van der Waals surface area contributed by atoms with Crippen LogP contribution in [0.5, 0.6) is 5.75 Å². The summed E-state index contributed by atoms with van der Waals surface area (Å²) in [4.78, 5) is 16.9. The van der Waals surface area contributed by atoms with Gasteiger partial charge in [-0.2, -0.15) is 0 Å². The summed E-state index contributed by atoms with van der Waals surface area (Å²) < 4.78 is 6.02. The third-order valence-electron chi connectivity index (χ3n) is 3.08. The molecular weight excluding hydrogens is 357 g/mol. The van der Waals surface area contributed by atoms with E-state index in [0.717, 1.165) is 40.7 Å². The molecule has 0 N–H and O–H groups in total. The Balaban J connectivity index is 2.01. The van der Waals surface area contributed by atoms with Gasteiger partial charge in [0.25, 0.3) is 0 Å². The number of hydrogen-bond donors (Lipinski definition) is 0. The van der Waals surface area contributed by atoms with Crippen molar-refractivity contribution >= 4 is 34.3 Å². The molecule has 1 fully saturated rings. The van der Waals surface area contributed by atoms with Gasteiger partial charge in [-0.05, 0) is 66.5 Å². The van der Waals surface area contributed by atoms with Crippen LogP contribution in [0.15, 0.2) is 23.4 Å². The van der Waals surface area contributed by atoms with Crippen LogP contribution in [0, 0.1) is 3.57 Å². The maximum Gasteiger partial charge on any atom is 0.365 e. The second-order valence-electron chi connectivity index (χ2n) is 4.45. The third kappa shape index (κ3) is 3.92. The molecule has 2 rings (SSSR count). The molecule has 0 saturated heterocycles. The molecular formula is C14H16INO3. The highest BCUT2D eigenvalue weighted by molar-refractivity contribution is 14.1. The second kappa shape index (κ2) is 6.88. The molecule has 0 spiro atoms. The first-order chi connectivity index (χ1) is 9.20. The SMILES string of the molecule is COc1ccc(C(=O)ON=C2CCCCC2)cc1I. The lowest BCUT2D eigenvalue weighted by Gasteiger charge is -2.11. The first kappa shape index (κ1) is 14.3. The summed E-state index contributed by atoms with van der Waals surface area (Å²) in [7, 11) is 1.60. The van der Waals surface area contributed by atoms with E-state index in [4.69, 9.17) is 9.57 Å². The van der Waals surface area contributed by atoms with Crippen molar-refractivity contribution in [3.05, 3.63) is 27.3 Å². The highest BCUT2D eigenvalue weighted by atomic mass is 127. The quantitative estimate of drug-likeness (QED) is 0.460. The Morgan fingerprint density at radius 1 is 1.26 bits per heavy atom. The zero-order valence-electron chi connectivity index (χ0n) is 10.8. The van der Waals surface area contributed by atoms with E-state index in [-0.39, 0.29) is 0 Å². The van der Waals surface area contributed by atoms with Crippen LogP contribution in [-0.4, -0.2) is 18.8 Å². The van der Waals surface area contributed by atoms with Gasteiger partial charge < -0.3 is 9.57 Å². The van der Waals surface area contributed by atoms with E-state index < -0.39 is 5.97 Å². The van der Waals surface area contributed by atoms with Crippen LogP contribution < -0.4 is 4.74 Å². The van der Waals surface area contributed by atoms with Gasteiger partial charge in [-0.3, -0.25) is 0 Å². The lowest BCUT2D eigenvalue weighted by Crippen LogP contribution is -2.08. The topological polar surface area (TPSA) is 47.9 Å². The first-order valence-corrected chi connectivity index (χ1v) is 7.39. The van der Waals surface area contributed by atoms with Gasteiger partial charge in [0.05, 0.1) is 22.0 Å². The molecule has 19 heavy (non-hydrogen) atoms. The number of carbonyl (C=O) groups excluding carboxylic acids is 1. The summed E-state index contributed by atoms with van der Waals surface area (Å²) in [6, 6.07) is 5.18.